The Hall–Kier alpha value is -1.07. The molecule has 1 aromatic carbocycles. The molecule has 0 heterocycles. The van der Waals surface area contributed by atoms with Crippen molar-refractivity contribution in [2.75, 3.05) is 26.9 Å². The van der Waals surface area contributed by atoms with Crippen molar-refractivity contribution in [3.63, 3.8) is 0 Å². The fourth-order valence-corrected chi connectivity index (χ4v) is 2.03. The number of ether oxygens (including phenoxy) is 2. The molecule has 0 aliphatic rings. The summed E-state index contributed by atoms with van der Waals surface area (Å²) in [6, 6.07) is 5.36. The van der Waals surface area contributed by atoms with E-state index in [0.29, 0.717) is 31.2 Å². The average Bonchev–Trinajstić information content (AvgIpc) is 2.41. The number of benzene rings is 1. The summed E-state index contributed by atoms with van der Waals surface area (Å²) in [5.41, 5.74) is 0.617. The summed E-state index contributed by atoms with van der Waals surface area (Å²) in [4.78, 5) is 11.9. The molecule has 20 heavy (non-hydrogen) atoms. The molecule has 5 heteroatoms. The van der Waals surface area contributed by atoms with Gasteiger partial charge in [-0.15, -0.1) is 0 Å². The second kappa shape index (κ2) is 8.97. The van der Waals surface area contributed by atoms with Crippen molar-refractivity contribution >= 4 is 21.8 Å². The van der Waals surface area contributed by atoms with Crippen LogP contribution in [0.2, 0.25) is 0 Å². The van der Waals surface area contributed by atoms with E-state index >= 15 is 0 Å². The lowest BCUT2D eigenvalue weighted by molar-refractivity contribution is 0.0948. The monoisotopic (exact) mass is 343 g/mol. The second-order valence-corrected chi connectivity index (χ2v) is 5.81. The molecular formula is C15H22BrNO3. The molecule has 0 spiro atoms. The first-order valence-electron chi connectivity index (χ1n) is 6.74. The topological polar surface area (TPSA) is 47.6 Å². The molecule has 0 unspecified atom stereocenters. The first-order chi connectivity index (χ1) is 9.54. The Morgan fingerprint density at radius 3 is 2.75 bits per heavy atom. The number of nitrogens with one attached hydrogen (secondary N) is 1. The van der Waals surface area contributed by atoms with Crippen LogP contribution in [0.5, 0.6) is 5.75 Å². The summed E-state index contributed by atoms with van der Waals surface area (Å²) in [6.45, 7) is 6.09. The zero-order valence-corrected chi connectivity index (χ0v) is 13.8. The van der Waals surface area contributed by atoms with Gasteiger partial charge < -0.3 is 14.8 Å². The lowest BCUT2D eigenvalue weighted by atomic mass is 10.2. The van der Waals surface area contributed by atoms with Crippen LogP contribution in [0.25, 0.3) is 0 Å². The molecule has 112 valence electrons. The van der Waals surface area contributed by atoms with Crippen LogP contribution in [0, 0.1) is 5.92 Å². The zero-order chi connectivity index (χ0) is 15.0. The Morgan fingerprint density at radius 2 is 2.15 bits per heavy atom. The molecule has 0 atom stereocenters. The van der Waals surface area contributed by atoms with Crippen molar-refractivity contribution in [2.24, 2.45) is 5.92 Å². The van der Waals surface area contributed by atoms with Crippen molar-refractivity contribution < 1.29 is 14.3 Å². The Bertz CT molecular complexity index is 435. The third kappa shape index (κ3) is 5.92. The second-order valence-electron chi connectivity index (χ2n) is 4.95. The molecule has 1 amide bonds. The predicted octanol–water partition coefficient (Wildman–Crippen LogP) is 3.25. The van der Waals surface area contributed by atoms with E-state index in [4.69, 9.17) is 9.47 Å². The Labute approximate surface area is 129 Å². The molecule has 1 rings (SSSR count). The van der Waals surface area contributed by atoms with Gasteiger partial charge in [-0.1, -0.05) is 13.8 Å². The highest BCUT2D eigenvalue weighted by molar-refractivity contribution is 9.10. The highest BCUT2D eigenvalue weighted by atomic mass is 79.9. The molecular weight excluding hydrogens is 322 g/mol. The molecule has 0 aromatic heterocycles. The number of halogens is 1. The lowest BCUT2D eigenvalue weighted by Gasteiger charge is -2.11. The number of carbonyl (C=O) groups excluding carboxylic acids is 1. The Morgan fingerprint density at radius 1 is 1.40 bits per heavy atom. The predicted molar refractivity (Wildman–Crippen MR) is 83.3 cm³/mol. The average molecular weight is 344 g/mol. The number of carbonyl (C=O) groups is 1. The first kappa shape index (κ1) is 17.0. The van der Waals surface area contributed by atoms with Gasteiger partial charge in [0.25, 0.3) is 5.91 Å². The Kier molecular flexibility index (Phi) is 7.62. The van der Waals surface area contributed by atoms with Crippen LogP contribution in [0.3, 0.4) is 0 Å². The van der Waals surface area contributed by atoms with Gasteiger partial charge in [-0.05, 0) is 46.5 Å². The molecule has 0 radical (unpaired) electrons. The fraction of sp³-hybridized carbons (Fsp3) is 0.533. The first-order valence-corrected chi connectivity index (χ1v) is 7.53. The zero-order valence-electron chi connectivity index (χ0n) is 12.2. The molecule has 4 nitrogen and oxygen atoms in total. The van der Waals surface area contributed by atoms with Crippen LogP contribution >= 0.6 is 15.9 Å². The highest BCUT2D eigenvalue weighted by Crippen LogP contribution is 2.26. The summed E-state index contributed by atoms with van der Waals surface area (Å²) in [7, 11) is 1.65. The minimum absolute atomic E-state index is 0.0859. The molecule has 0 saturated heterocycles. The maximum absolute atomic E-state index is 11.9. The van der Waals surface area contributed by atoms with Gasteiger partial charge >= 0.3 is 0 Å². The SMILES string of the molecule is COCCCNC(=O)c1ccc(OCC(C)C)c(Br)c1. The highest BCUT2D eigenvalue weighted by Gasteiger charge is 2.09. The summed E-state index contributed by atoms with van der Waals surface area (Å²) in [5, 5.41) is 2.85. The van der Waals surface area contributed by atoms with E-state index in [1.807, 2.05) is 6.07 Å². The van der Waals surface area contributed by atoms with Crippen LogP contribution in [0.1, 0.15) is 30.6 Å². The smallest absolute Gasteiger partial charge is 0.251 e. The van der Waals surface area contributed by atoms with E-state index in [1.165, 1.54) is 0 Å². The van der Waals surface area contributed by atoms with Crippen LogP contribution in [0.4, 0.5) is 0 Å². The number of hydrogen-bond donors (Lipinski definition) is 1. The van der Waals surface area contributed by atoms with E-state index in [1.54, 1.807) is 19.2 Å². The number of amides is 1. The maximum Gasteiger partial charge on any atom is 0.251 e. The summed E-state index contributed by atoms with van der Waals surface area (Å²) >= 11 is 3.43. The minimum Gasteiger partial charge on any atom is -0.492 e. The van der Waals surface area contributed by atoms with Gasteiger partial charge in [-0.25, -0.2) is 0 Å². The number of methoxy groups -OCH3 is 1. The molecule has 0 aliphatic heterocycles. The number of rotatable bonds is 8. The van der Waals surface area contributed by atoms with Crippen LogP contribution in [-0.4, -0.2) is 32.8 Å². The van der Waals surface area contributed by atoms with Crippen molar-refractivity contribution in [1.29, 1.82) is 0 Å². The number of hydrogen-bond acceptors (Lipinski definition) is 3. The molecule has 1 N–H and O–H groups in total. The molecule has 0 fully saturated rings. The molecule has 0 saturated carbocycles. The standard InChI is InChI=1S/C15H22BrNO3/c1-11(2)10-20-14-6-5-12(9-13(14)16)15(18)17-7-4-8-19-3/h5-6,9,11H,4,7-8,10H2,1-3H3,(H,17,18). The van der Waals surface area contributed by atoms with Gasteiger partial charge in [0.2, 0.25) is 0 Å². The summed E-state index contributed by atoms with van der Waals surface area (Å²) in [5.74, 6) is 1.14. The van der Waals surface area contributed by atoms with Crippen LogP contribution < -0.4 is 10.1 Å². The largest absolute Gasteiger partial charge is 0.492 e. The van der Waals surface area contributed by atoms with E-state index < -0.39 is 0 Å². The van der Waals surface area contributed by atoms with Crippen molar-refractivity contribution in [3.8, 4) is 5.75 Å². The van der Waals surface area contributed by atoms with Crippen LogP contribution in [-0.2, 0) is 4.74 Å². The Balaban J connectivity index is 2.55. The van der Waals surface area contributed by atoms with Gasteiger partial charge in [0.15, 0.2) is 0 Å². The lowest BCUT2D eigenvalue weighted by Crippen LogP contribution is -2.25. The normalized spacial score (nSPS) is 10.7. The summed E-state index contributed by atoms with van der Waals surface area (Å²) < 4.78 is 11.4. The molecule has 1 aromatic rings. The van der Waals surface area contributed by atoms with Crippen molar-refractivity contribution in [1.82, 2.24) is 5.32 Å². The van der Waals surface area contributed by atoms with Gasteiger partial charge in [0.1, 0.15) is 5.75 Å². The third-order valence-electron chi connectivity index (χ3n) is 2.58. The van der Waals surface area contributed by atoms with Crippen molar-refractivity contribution in [2.45, 2.75) is 20.3 Å². The fourth-order valence-electron chi connectivity index (χ4n) is 1.54. The third-order valence-corrected chi connectivity index (χ3v) is 3.20. The van der Waals surface area contributed by atoms with E-state index in [0.717, 1.165) is 16.6 Å². The quantitative estimate of drug-likeness (QED) is 0.737. The molecule has 0 bridgehead atoms. The maximum atomic E-state index is 11.9. The van der Waals surface area contributed by atoms with Crippen LogP contribution in [0.15, 0.2) is 22.7 Å². The van der Waals surface area contributed by atoms with E-state index in [9.17, 15) is 4.79 Å². The van der Waals surface area contributed by atoms with Crippen molar-refractivity contribution in [3.05, 3.63) is 28.2 Å². The van der Waals surface area contributed by atoms with Gasteiger partial charge in [-0.2, -0.15) is 0 Å². The minimum atomic E-state index is -0.0859. The van der Waals surface area contributed by atoms with Gasteiger partial charge in [0.05, 0.1) is 11.1 Å². The van der Waals surface area contributed by atoms with E-state index in [2.05, 4.69) is 35.1 Å². The van der Waals surface area contributed by atoms with Gasteiger partial charge in [0, 0.05) is 25.8 Å². The van der Waals surface area contributed by atoms with Gasteiger partial charge in [-0.3, -0.25) is 4.79 Å². The summed E-state index contributed by atoms with van der Waals surface area (Å²) in [6.07, 6.45) is 0.805. The molecule has 0 aliphatic carbocycles. The van der Waals surface area contributed by atoms with E-state index in [-0.39, 0.29) is 5.91 Å².